The van der Waals surface area contributed by atoms with Crippen molar-refractivity contribution in [1.29, 1.82) is 0 Å². The third kappa shape index (κ3) is 2.00. The number of benzene rings is 1. The minimum atomic E-state index is 0.515. The number of hydrogen-bond donors (Lipinski definition) is 0. The standard InChI is InChI=1S/C13H10N2O2S/c1-16-10-6-4-9(5-7-10)12-14-15-13(17-12)11-3-2-8-18-11/h2-8H,1H3. The summed E-state index contributed by atoms with van der Waals surface area (Å²) in [6.07, 6.45) is 0. The lowest BCUT2D eigenvalue weighted by atomic mass is 10.2. The van der Waals surface area contributed by atoms with Crippen molar-refractivity contribution < 1.29 is 9.15 Å². The van der Waals surface area contributed by atoms with E-state index in [1.807, 2.05) is 41.8 Å². The van der Waals surface area contributed by atoms with Crippen molar-refractivity contribution in [2.75, 3.05) is 7.11 Å². The van der Waals surface area contributed by atoms with Crippen molar-refractivity contribution in [3.8, 4) is 28.0 Å². The summed E-state index contributed by atoms with van der Waals surface area (Å²) in [5.41, 5.74) is 0.881. The summed E-state index contributed by atoms with van der Waals surface area (Å²) < 4.78 is 10.7. The van der Waals surface area contributed by atoms with Gasteiger partial charge in [-0.2, -0.15) is 0 Å². The van der Waals surface area contributed by atoms with Crippen molar-refractivity contribution >= 4 is 11.3 Å². The van der Waals surface area contributed by atoms with E-state index in [1.54, 1.807) is 18.4 Å². The van der Waals surface area contributed by atoms with Crippen LogP contribution in [0.25, 0.3) is 22.2 Å². The lowest BCUT2D eigenvalue weighted by molar-refractivity contribution is 0.415. The summed E-state index contributed by atoms with van der Waals surface area (Å²) in [6, 6.07) is 11.4. The van der Waals surface area contributed by atoms with Gasteiger partial charge in [0.05, 0.1) is 12.0 Å². The van der Waals surface area contributed by atoms with Crippen molar-refractivity contribution in [2.24, 2.45) is 0 Å². The van der Waals surface area contributed by atoms with E-state index < -0.39 is 0 Å². The molecule has 0 spiro atoms. The molecule has 0 N–H and O–H groups in total. The number of rotatable bonds is 3. The Kier molecular flexibility index (Phi) is 2.82. The highest BCUT2D eigenvalue weighted by Crippen LogP contribution is 2.27. The van der Waals surface area contributed by atoms with Gasteiger partial charge in [-0.25, -0.2) is 0 Å². The third-order valence-corrected chi connectivity index (χ3v) is 3.35. The van der Waals surface area contributed by atoms with Crippen LogP contribution < -0.4 is 4.74 Å². The normalized spacial score (nSPS) is 10.5. The molecule has 0 fully saturated rings. The summed E-state index contributed by atoms with van der Waals surface area (Å²) in [5.74, 6) is 1.87. The zero-order valence-electron chi connectivity index (χ0n) is 9.66. The van der Waals surface area contributed by atoms with E-state index in [2.05, 4.69) is 10.2 Å². The maximum Gasteiger partial charge on any atom is 0.258 e. The maximum absolute atomic E-state index is 5.63. The van der Waals surface area contributed by atoms with E-state index in [0.717, 1.165) is 16.2 Å². The molecule has 0 saturated heterocycles. The van der Waals surface area contributed by atoms with E-state index in [1.165, 1.54) is 0 Å². The van der Waals surface area contributed by atoms with Crippen molar-refractivity contribution in [1.82, 2.24) is 10.2 Å². The fourth-order valence-electron chi connectivity index (χ4n) is 1.57. The molecule has 5 heteroatoms. The predicted octanol–water partition coefficient (Wildman–Crippen LogP) is 3.47. The fourth-order valence-corrected chi connectivity index (χ4v) is 2.22. The van der Waals surface area contributed by atoms with E-state index in [0.29, 0.717) is 11.8 Å². The van der Waals surface area contributed by atoms with Gasteiger partial charge in [-0.1, -0.05) is 6.07 Å². The Morgan fingerprint density at radius 1 is 1.06 bits per heavy atom. The van der Waals surface area contributed by atoms with E-state index in [9.17, 15) is 0 Å². The molecule has 0 aliphatic heterocycles. The van der Waals surface area contributed by atoms with E-state index in [-0.39, 0.29) is 0 Å². The molecule has 0 aliphatic rings. The van der Waals surface area contributed by atoms with Crippen LogP contribution in [0.2, 0.25) is 0 Å². The smallest absolute Gasteiger partial charge is 0.258 e. The molecular formula is C13H10N2O2S. The van der Waals surface area contributed by atoms with E-state index in [4.69, 9.17) is 9.15 Å². The zero-order valence-corrected chi connectivity index (χ0v) is 10.5. The van der Waals surface area contributed by atoms with Crippen LogP contribution >= 0.6 is 11.3 Å². The van der Waals surface area contributed by atoms with Crippen LogP contribution in [0, 0.1) is 0 Å². The minimum absolute atomic E-state index is 0.515. The Labute approximate surface area is 108 Å². The first-order valence-corrected chi connectivity index (χ1v) is 6.26. The first-order valence-electron chi connectivity index (χ1n) is 5.38. The molecular weight excluding hydrogens is 248 g/mol. The van der Waals surface area contributed by atoms with Crippen molar-refractivity contribution in [3.63, 3.8) is 0 Å². The average Bonchev–Trinajstić information content (AvgIpc) is 3.09. The fraction of sp³-hybridized carbons (Fsp3) is 0.0769. The van der Waals surface area contributed by atoms with Crippen molar-refractivity contribution in [2.45, 2.75) is 0 Å². The topological polar surface area (TPSA) is 48.2 Å². The molecule has 0 unspecified atom stereocenters. The van der Waals surface area contributed by atoms with Gasteiger partial charge in [0.15, 0.2) is 0 Å². The van der Waals surface area contributed by atoms with Gasteiger partial charge >= 0.3 is 0 Å². The first-order chi connectivity index (χ1) is 8.86. The molecule has 2 aromatic heterocycles. The molecule has 18 heavy (non-hydrogen) atoms. The lowest BCUT2D eigenvalue weighted by Crippen LogP contribution is -1.82. The number of aromatic nitrogens is 2. The molecule has 0 atom stereocenters. The number of hydrogen-bond acceptors (Lipinski definition) is 5. The quantitative estimate of drug-likeness (QED) is 0.721. The van der Waals surface area contributed by atoms with Gasteiger partial charge in [-0.05, 0) is 35.7 Å². The van der Waals surface area contributed by atoms with Gasteiger partial charge < -0.3 is 9.15 Å². The monoisotopic (exact) mass is 258 g/mol. The Morgan fingerprint density at radius 3 is 2.50 bits per heavy atom. The van der Waals surface area contributed by atoms with Gasteiger partial charge in [0, 0.05) is 5.56 Å². The molecule has 3 aromatic rings. The summed E-state index contributed by atoms with van der Waals surface area (Å²) in [4.78, 5) is 0.974. The second-order valence-corrected chi connectivity index (χ2v) is 4.57. The Hall–Kier alpha value is -2.14. The highest BCUT2D eigenvalue weighted by Gasteiger charge is 2.10. The molecule has 1 aromatic carbocycles. The van der Waals surface area contributed by atoms with Crippen LogP contribution in [0.5, 0.6) is 5.75 Å². The molecule has 4 nitrogen and oxygen atoms in total. The van der Waals surface area contributed by atoms with Crippen LogP contribution in [0.3, 0.4) is 0 Å². The minimum Gasteiger partial charge on any atom is -0.497 e. The number of methoxy groups -OCH3 is 1. The summed E-state index contributed by atoms with van der Waals surface area (Å²) in [6.45, 7) is 0. The van der Waals surface area contributed by atoms with Gasteiger partial charge in [0.1, 0.15) is 5.75 Å². The van der Waals surface area contributed by atoms with Gasteiger partial charge in [-0.15, -0.1) is 21.5 Å². The van der Waals surface area contributed by atoms with Gasteiger partial charge in [0.25, 0.3) is 5.89 Å². The summed E-state index contributed by atoms with van der Waals surface area (Å²) >= 11 is 1.57. The largest absolute Gasteiger partial charge is 0.497 e. The Balaban J connectivity index is 1.92. The molecule has 0 bridgehead atoms. The highest BCUT2D eigenvalue weighted by atomic mass is 32.1. The predicted molar refractivity (Wildman–Crippen MR) is 69.6 cm³/mol. The molecule has 0 aliphatic carbocycles. The van der Waals surface area contributed by atoms with Crippen LogP contribution in [0.1, 0.15) is 0 Å². The summed E-state index contributed by atoms with van der Waals surface area (Å²) in [7, 11) is 1.64. The van der Waals surface area contributed by atoms with Crippen LogP contribution in [0.4, 0.5) is 0 Å². The van der Waals surface area contributed by atoms with Gasteiger partial charge in [0.2, 0.25) is 5.89 Å². The Bertz CT molecular complexity index is 629. The maximum atomic E-state index is 5.63. The van der Waals surface area contributed by atoms with Crippen LogP contribution in [-0.4, -0.2) is 17.3 Å². The van der Waals surface area contributed by atoms with Gasteiger partial charge in [-0.3, -0.25) is 0 Å². The molecule has 90 valence electrons. The first kappa shape index (κ1) is 11.0. The van der Waals surface area contributed by atoms with Crippen LogP contribution in [-0.2, 0) is 0 Å². The third-order valence-electron chi connectivity index (χ3n) is 2.49. The highest BCUT2D eigenvalue weighted by molar-refractivity contribution is 7.13. The molecule has 0 saturated carbocycles. The second-order valence-electron chi connectivity index (χ2n) is 3.62. The van der Waals surface area contributed by atoms with E-state index >= 15 is 0 Å². The van der Waals surface area contributed by atoms with Crippen LogP contribution in [0.15, 0.2) is 46.2 Å². The summed E-state index contributed by atoms with van der Waals surface area (Å²) in [5, 5.41) is 10.1. The number of ether oxygens (including phenoxy) is 1. The number of nitrogens with zero attached hydrogens (tertiary/aromatic N) is 2. The SMILES string of the molecule is COc1ccc(-c2nnc(-c3cccs3)o2)cc1. The molecule has 3 rings (SSSR count). The molecule has 2 heterocycles. The zero-order chi connectivity index (χ0) is 12.4. The lowest BCUT2D eigenvalue weighted by Gasteiger charge is -1.99. The number of thiophene rings is 1. The van der Waals surface area contributed by atoms with Crippen molar-refractivity contribution in [3.05, 3.63) is 41.8 Å². The molecule has 0 radical (unpaired) electrons. The second kappa shape index (κ2) is 4.62. The molecule has 0 amide bonds. The average molecular weight is 258 g/mol. The Morgan fingerprint density at radius 2 is 1.83 bits per heavy atom.